The van der Waals surface area contributed by atoms with Gasteiger partial charge in [0.25, 0.3) is 0 Å². The minimum absolute atomic E-state index is 0.173. The van der Waals surface area contributed by atoms with Crippen LogP contribution in [-0.4, -0.2) is 63.9 Å². The van der Waals surface area contributed by atoms with Crippen LogP contribution in [0.5, 0.6) is 0 Å². The third-order valence-electron chi connectivity index (χ3n) is 7.96. The molecule has 234 valence electrons. The van der Waals surface area contributed by atoms with E-state index in [9.17, 15) is 14.4 Å². The first kappa shape index (κ1) is 38.1. The van der Waals surface area contributed by atoms with Crippen LogP contribution < -0.4 is 0 Å². The Hall–Kier alpha value is -1.89. The van der Waals surface area contributed by atoms with Gasteiger partial charge >= 0.3 is 17.9 Å². The van der Waals surface area contributed by atoms with Gasteiger partial charge in [-0.2, -0.15) is 0 Å². The number of carboxylic acids is 3. The molecule has 40 heavy (non-hydrogen) atoms. The van der Waals surface area contributed by atoms with E-state index in [4.69, 9.17) is 15.3 Å². The SMILES string of the molecule is CCCCCCCC/C=C/CCCCCCCC[N+](CCCCC(=O)O)(CCCCC(=O)O)CCCCC(=O)O. The van der Waals surface area contributed by atoms with Gasteiger partial charge in [0.15, 0.2) is 0 Å². The Morgan fingerprint density at radius 2 is 0.750 bits per heavy atom. The normalized spacial score (nSPS) is 11.8. The van der Waals surface area contributed by atoms with Crippen molar-refractivity contribution in [3.8, 4) is 0 Å². The van der Waals surface area contributed by atoms with E-state index >= 15 is 0 Å². The first-order valence-electron chi connectivity index (χ1n) is 16.5. The molecule has 3 N–H and O–H groups in total. The molecule has 0 aromatic heterocycles. The first-order chi connectivity index (χ1) is 19.3. The van der Waals surface area contributed by atoms with E-state index in [-0.39, 0.29) is 19.3 Å². The van der Waals surface area contributed by atoms with Gasteiger partial charge in [-0.05, 0) is 77.0 Å². The van der Waals surface area contributed by atoms with Gasteiger partial charge in [0.1, 0.15) is 0 Å². The summed E-state index contributed by atoms with van der Waals surface area (Å²) in [5, 5.41) is 27.1. The van der Waals surface area contributed by atoms with E-state index in [2.05, 4.69) is 19.1 Å². The second kappa shape index (κ2) is 27.3. The maximum atomic E-state index is 11.0. The molecule has 0 saturated carbocycles. The fourth-order valence-corrected chi connectivity index (χ4v) is 5.54. The third-order valence-corrected chi connectivity index (χ3v) is 7.96. The maximum absolute atomic E-state index is 11.0. The molecule has 7 heteroatoms. The summed E-state index contributed by atoms with van der Waals surface area (Å²) in [6.45, 7) is 5.93. The van der Waals surface area contributed by atoms with Gasteiger partial charge in [0, 0.05) is 19.3 Å². The average Bonchev–Trinajstić information content (AvgIpc) is 2.91. The van der Waals surface area contributed by atoms with Crippen molar-refractivity contribution in [2.24, 2.45) is 0 Å². The van der Waals surface area contributed by atoms with Crippen molar-refractivity contribution >= 4 is 17.9 Å². The van der Waals surface area contributed by atoms with Crippen molar-refractivity contribution in [2.75, 3.05) is 26.2 Å². The molecule has 0 atom stereocenters. The van der Waals surface area contributed by atoms with Crippen molar-refractivity contribution in [1.82, 2.24) is 0 Å². The van der Waals surface area contributed by atoms with E-state index < -0.39 is 17.9 Å². The number of nitrogens with zero attached hydrogens (tertiary/aromatic N) is 1. The first-order valence-corrected chi connectivity index (χ1v) is 16.5. The van der Waals surface area contributed by atoms with Crippen LogP contribution in [-0.2, 0) is 14.4 Å². The molecule has 0 aliphatic heterocycles. The molecule has 0 aromatic carbocycles. The Morgan fingerprint density at radius 1 is 0.450 bits per heavy atom. The van der Waals surface area contributed by atoms with Crippen LogP contribution in [0, 0.1) is 0 Å². The molecule has 0 rings (SSSR count). The number of aliphatic carboxylic acids is 3. The highest BCUT2D eigenvalue weighted by atomic mass is 16.4. The van der Waals surface area contributed by atoms with Crippen molar-refractivity contribution < 1.29 is 34.2 Å². The monoisotopic (exact) mass is 568 g/mol. The lowest BCUT2D eigenvalue weighted by atomic mass is 10.1. The van der Waals surface area contributed by atoms with Crippen LogP contribution in [0.1, 0.15) is 155 Å². The Kier molecular flexibility index (Phi) is 26.0. The molecule has 7 nitrogen and oxygen atoms in total. The largest absolute Gasteiger partial charge is 0.481 e. The maximum Gasteiger partial charge on any atom is 0.303 e. The quantitative estimate of drug-likeness (QED) is 0.0438. The average molecular weight is 569 g/mol. The zero-order valence-corrected chi connectivity index (χ0v) is 25.8. The molecule has 0 aromatic rings. The van der Waals surface area contributed by atoms with Gasteiger partial charge in [-0.15, -0.1) is 0 Å². The predicted molar refractivity (Wildman–Crippen MR) is 164 cm³/mol. The number of hydrogen-bond donors (Lipinski definition) is 3. The fourth-order valence-electron chi connectivity index (χ4n) is 5.54. The summed E-state index contributed by atoms with van der Waals surface area (Å²) in [7, 11) is 0. The molecular formula is C33H62NO6+. The van der Waals surface area contributed by atoms with Crippen LogP contribution in [0.2, 0.25) is 0 Å². The Balaban J connectivity index is 4.47. The summed E-state index contributed by atoms with van der Waals surface area (Å²) >= 11 is 0. The van der Waals surface area contributed by atoms with Gasteiger partial charge in [-0.1, -0.05) is 70.4 Å². The predicted octanol–water partition coefficient (Wildman–Crippen LogP) is 8.61. The number of rotatable bonds is 31. The zero-order chi connectivity index (χ0) is 29.7. The molecule has 0 aliphatic carbocycles. The highest BCUT2D eigenvalue weighted by molar-refractivity contribution is 5.67. The molecule has 0 bridgehead atoms. The van der Waals surface area contributed by atoms with Crippen LogP contribution >= 0.6 is 0 Å². The van der Waals surface area contributed by atoms with Gasteiger partial charge in [-0.3, -0.25) is 14.4 Å². The number of unbranched alkanes of at least 4 members (excludes halogenated alkanes) is 15. The lowest BCUT2D eigenvalue weighted by Crippen LogP contribution is -2.51. The van der Waals surface area contributed by atoms with Gasteiger partial charge in [0.2, 0.25) is 0 Å². The molecule has 0 spiro atoms. The van der Waals surface area contributed by atoms with Crippen LogP contribution in [0.3, 0.4) is 0 Å². The van der Waals surface area contributed by atoms with Crippen LogP contribution in [0.15, 0.2) is 12.2 Å². The molecule has 0 radical (unpaired) electrons. The fraction of sp³-hybridized carbons (Fsp3) is 0.848. The molecule has 0 unspecified atom stereocenters. The molecule has 0 fully saturated rings. The Bertz CT molecular complexity index is 608. The van der Waals surface area contributed by atoms with Crippen molar-refractivity contribution in [2.45, 2.75) is 155 Å². The smallest absolute Gasteiger partial charge is 0.303 e. The number of carbonyl (C=O) groups is 3. The second-order valence-corrected chi connectivity index (χ2v) is 11.7. The van der Waals surface area contributed by atoms with E-state index in [0.717, 1.165) is 56.3 Å². The molecule has 0 amide bonds. The van der Waals surface area contributed by atoms with Gasteiger partial charge in [-0.25, -0.2) is 0 Å². The highest BCUT2D eigenvalue weighted by Gasteiger charge is 2.26. The van der Waals surface area contributed by atoms with Gasteiger partial charge in [0.05, 0.1) is 26.2 Å². The van der Waals surface area contributed by atoms with Crippen molar-refractivity contribution in [1.29, 1.82) is 0 Å². The Labute approximate surface area is 245 Å². The number of hydrogen-bond acceptors (Lipinski definition) is 3. The van der Waals surface area contributed by atoms with E-state index in [1.165, 1.54) is 83.5 Å². The summed E-state index contributed by atoms with van der Waals surface area (Å²) in [5.74, 6) is -2.31. The molecular weight excluding hydrogens is 506 g/mol. The lowest BCUT2D eigenvalue weighted by molar-refractivity contribution is -0.929. The summed E-state index contributed by atoms with van der Waals surface area (Å²) in [6.07, 6.45) is 27.4. The molecule has 0 aliphatic rings. The second-order valence-electron chi connectivity index (χ2n) is 11.7. The zero-order valence-electron chi connectivity index (χ0n) is 25.8. The Morgan fingerprint density at radius 3 is 1.10 bits per heavy atom. The van der Waals surface area contributed by atoms with Crippen molar-refractivity contribution in [3.63, 3.8) is 0 Å². The number of carboxylic acid groups (broad SMARTS) is 3. The standard InChI is InChI=1S/C33H61NO6/c1-2-3-4-5-6-7-8-9-10-11-12-13-14-15-16-20-27-34(28-21-17-24-31(35)36,29-22-18-25-32(37)38)30-23-19-26-33(39)40/h9-10H,2-8,11-30H2,1H3,(H2-,35,36,37,38,39,40)/p+1/b10-9+. The summed E-state index contributed by atoms with van der Waals surface area (Å²) in [5.41, 5.74) is 0. The minimum Gasteiger partial charge on any atom is -0.481 e. The summed E-state index contributed by atoms with van der Waals surface area (Å²) in [6, 6.07) is 0. The van der Waals surface area contributed by atoms with Gasteiger partial charge < -0.3 is 19.8 Å². The minimum atomic E-state index is -0.769. The third kappa shape index (κ3) is 26.3. The molecule has 0 heterocycles. The number of quaternary nitrogens is 1. The van der Waals surface area contributed by atoms with Crippen LogP contribution in [0.4, 0.5) is 0 Å². The highest BCUT2D eigenvalue weighted by Crippen LogP contribution is 2.19. The van der Waals surface area contributed by atoms with Crippen LogP contribution in [0.25, 0.3) is 0 Å². The summed E-state index contributed by atoms with van der Waals surface area (Å²) in [4.78, 5) is 33.0. The molecule has 0 saturated heterocycles. The van der Waals surface area contributed by atoms with E-state index in [0.29, 0.717) is 19.3 Å². The van der Waals surface area contributed by atoms with E-state index in [1.807, 2.05) is 0 Å². The topological polar surface area (TPSA) is 112 Å². The lowest BCUT2D eigenvalue weighted by Gasteiger charge is -2.39. The number of allylic oxidation sites excluding steroid dienone is 2. The van der Waals surface area contributed by atoms with Crippen molar-refractivity contribution in [3.05, 3.63) is 12.2 Å². The summed E-state index contributed by atoms with van der Waals surface area (Å²) < 4.78 is 0.863. The van der Waals surface area contributed by atoms with E-state index in [1.54, 1.807) is 0 Å².